The molecule has 4 heteroatoms. The van der Waals surface area contributed by atoms with Crippen LogP contribution in [0.15, 0.2) is 18.2 Å². The molecule has 0 N–H and O–H groups in total. The van der Waals surface area contributed by atoms with E-state index in [0.29, 0.717) is 6.54 Å². The molecule has 1 aliphatic carbocycles. The normalized spacial score (nSPS) is 29.4. The van der Waals surface area contributed by atoms with Crippen molar-refractivity contribution in [2.75, 3.05) is 6.54 Å². The largest absolute Gasteiger partial charge is 0.488 e. The maximum atomic E-state index is 13.5. The number of fused-ring (bicyclic) bond motifs is 4. The van der Waals surface area contributed by atoms with Crippen LogP contribution >= 0.6 is 0 Å². The van der Waals surface area contributed by atoms with Crippen LogP contribution in [0.2, 0.25) is 0 Å². The fourth-order valence-electron chi connectivity index (χ4n) is 3.74. The maximum absolute atomic E-state index is 13.5. The van der Waals surface area contributed by atoms with Gasteiger partial charge in [-0.25, -0.2) is 4.39 Å². The molecular formula is C16H18FNO2. The highest BCUT2D eigenvalue weighted by Gasteiger charge is 2.49. The molecule has 2 heterocycles. The van der Waals surface area contributed by atoms with Crippen LogP contribution in [0, 0.1) is 11.2 Å². The molecule has 0 aromatic heterocycles. The van der Waals surface area contributed by atoms with Gasteiger partial charge in [0, 0.05) is 17.4 Å². The van der Waals surface area contributed by atoms with Gasteiger partial charge in [0.1, 0.15) is 17.7 Å². The first kappa shape index (κ1) is 12.2. The number of rotatable bonds is 1. The molecule has 1 saturated heterocycles. The second-order valence-corrected chi connectivity index (χ2v) is 6.55. The molecular weight excluding hydrogens is 257 g/mol. The van der Waals surface area contributed by atoms with Crippen LogP contribution in [-0.4, -0.2) is 23.5 Å². The minimum atomic E-state index is -0.264. The zero-order valence-electron chi connectivity index (χ0n) is 11.6. The summed E-state index contributed by atoms with van der Waals surface area (Å²) >= 11 is 0. The number of carbonyl (C=O) groups excluding carboxylic acids is 1. The molecule has 2 bridgehead atoms. The Morgan fingerprint density at radius 1 is 1.45 bits per heavy atom. The summed E-state index contributed by atoms with van der Waals surface area (Å²) in [6.45, 7) is 2.68. The highest BCUT2D eigenvalue weighted by atomic mass is 19.1. The van der Waals surface area contributed by atoms with E-state index in [0.717, 1.165) is 37.0 Å². The van der Waals surface area contributed by atoms with Crippen molar-refractivity contribution in [1.82, 2.24) is 4.90 Å². The molecule has 1 aromatic carbocycles. The molecule has 0 spiro atoms. The minimum absolute atomic E-state index is 0.00984. The van der Waals surface area contributed by atoms with E-state index in [1.54, 1.807) is 6.07 Å². The molecule has 4 rings (SSSR count). The van der Waals surface area contributed by atoms with Gasteiger partial charge in [0.25, 0.3) is 0 Å². The first-order chi connectivity index (χ1) is 9.57. The first-order valence-corrected chi connectivity index (χ1v) is 7.34. The molecule has 2 fully saturated rings. The summed E-state index contributed by atoms with van der Waals surface area (Å²) in [5.41, 5.74) is 0.625. The van der Waals surface area contributed by atoms with Crippen molar-refractivity contribution in [2.45, 2.75) is 44.8 Å². The number of carbonyl (C=O) groups is 1. The molecule has 1 aromatic rings. The van der Waals surface area contributed by atoms with E-state index in [1.165, 1.54) is 12.1 Å². The number of amides is 1. The molecule has 3 aliphatic rings. The van der Waals surface area contributed by atoms with Gasteiger partial charge in [0.05, 0.1) is 12.6 Å². The van der Waals surface area contributed by atoms with E-state index >= 15 is 0 Å². The van der Waals surface area contributed by atoms with E-state index in [1.807, 2.05) is 4.90 Å². The first-order valence-electron chi connectivity index (χ1n) is 7.34. The van der Waals surface area contributed by atoms with Gasteiger partial charge in [0.15, 0.2) is 0 Å². The Morgan fingerprint density at radius 2 is 2.25 bits per heavy atom. The highest BCUT2D eigenvalue weighted by molar-refractivity contribution is 5.84. The summed E-state index contributed by atoms with van der Waals surface area (Å²) < 4.78 is 19.4. The average molecular weight is 275 g/mol. The number of ether oxygens (including phenoxy) is 1. The predicted molar refractivity (Wildman–Crippen MR) is 71.8 cm³/mol. The van der Waals surface area contributed by atoms with Crippen LogP contribution in [0.25, 0.3) is 0 Å². The minimum Gasteiger partial charge on any atom is -0.488 e. The summed E-state index contributed by atoms with van der Waals surface area (Å²) in [4.78, 5) is 14.7. The monoisotopic (exact) mass is 275 g/mol. The molecule has 0 unspecified atom stereocenters. The Labute approximate surface area is 117 Å². The van der Waals surface area contributed by atoms with Gasteiger partial charge in [-0.05, 0) is 31.0 Å². The number of nitrogens with zero attached hydrogens (tertiary/aromatic N) is 1. The van der Waals surface area contributed by atoms with Crippen LogP contribution in [-0.2, 0) is 4.79 Å². The molecule has 3 nitrogen and oxygen atoms in total. The number of benzene rings is 1. The second-order valence-electron chi connectivity index (χ2n) is 6.55. The van der Waals surface area contributed by atoms with Crippen molar-refractivity contribution in [3.05, 3.63) is 29.6 Å². The molecule has 2 aliphatic heterocycles. The third kappa shape index (κ3) is 1.60. The van der Waals surface area contributed by atoms with Crippen molar-refractivity contribution in [3.8, 4) is 5.75 Å². The summed E-state index contributed by atoms with van der Waals surface area (Å²) in [5.74, 6) is 0.693. The SMILES string of the molecule is CC1(C(=O)N2C[C@@H]3C[C@H]2c2cc(F)ccc2O3)CCC1. The van der Waals surface area contributed by atoms with E-state index in [4.69, 9.17) is 4.74 Å². The zero-order valence-corrected chi connectivity index (χ0v) is 11.6. The Bertz CT molecular complexity index is 582. The molecule has 2 atom stereocenters. The lowest BCUT2D eigenvalue weighted by atomic mass is 9.69. The van der Waals surface area contributed by atoms with Gasteiger partial charge in [-0.2, -0.15) is 0 Å². The standard InChI is InChI=1S/C16H18FNO2/c1-16(5-2-6-16)15(19)18-9-11-8-13(18)12-7-10(17)3-4-14(12)20-11/h3-4,7,11,13H,2,5-6,8-9H2,1H3/t11-,13-/m0/s1. The van der Waals surface area contributed by atoms with Gasteiger partial charge >= 0.3 is 0 Å². The maximum Gasteiger partial charge on any atom is 0.229 e. The lowest BCUT2D eigenvalue weighted by molar-refractivity contribution is -0.147. The van der Waals surface area contributed by atoms with Crippen LogP contribution in [0.3, 0.4) is 0 Å². The topological polar surface area (TPSA) is 29.5 Å². The second kappa shape index (κ2) is 3.96. The van der Waals surface area contributed by atoms with Gasteiger partial charge in [-0.15, -0.1) is 0 Å². The van der Waals surface area contributed by atoms with Crippen LogP contribution < -0.4 is 4.74 Å². The van der Waals surface area contributed by atoms with E-state index in [9.17, 15) is 9.18 Å². The van der Waals surface area contributed by atoms with Gasteiger partial charge in [-0.1, -0.05) is 13.3 Å². The molecule has 106 valence electrons. The van der Waals surface area contributed by atoms with Crippen molar-refractivity contribution in [3.63, 3.8) is 0 Å². The highest BCUT2D eigenvalue weighted by Crippen LogP contribution is 2.48. The van der Waals surface area contributed by atoms with Crippen molar-refractivity contribution >= 4 is 5.91 Å². The van der Waals surface area contributed by atoms with Gasteiger partial charge in [-0.3, -0.25) is 4.79 Å². The molecule has 20 heavy (non-hydrogen) atoms. The summed E-state index contributed by atoms with van der Waals surface area (Å²) in [6, 6.07) is 4.61. The molecule has 1 amide bonds. The van der Waals surface area contributed by atoms with Crippen LogP contribution in [0.1, 0.15) is 44.2 Å². The van der Waals surface area contributed by atoms with E-state index < -0.39 is 0 Å². The fourth-order valence-corrected chi connectivity index (χ4v) is 3.74. The van der Waals surface area contributed by atoms with Crippen molar-refractivity contribution in [1.29, 1.82) is 0 Å². The lowest BCUT2D eigenvalue weighted by Crippen LogP contribution is -2.46. The van der Waals surface area contributed by atoms with Crippen molar-refractivity contribution in [2.24, 2.45) is 5.41 Å². The Morgan fingerprint density at radius 3 is 2.95 bits per heavy atom. The Hall–Kier alpha value is -1.58. The van der Waals surface area contributed by atoms with Gasteiger partial charge in [0.2, 0.25) is 5.91 Å². The molecule has 1 saturated carbocycles. The summed E-state index contributed by atoms with van der Waals surface area (Å²) in [6.07, 6.45) is 3.92. The van der Waals surface area contributed by atoms with Crippen LogP contribution in [0.4, 0.5) is 4.39 Å². The quantitative estimate of drug-likeness (QED) is 0.788. The third-order valence-electron chi connectivity index (χ3n) is 5.12. The number of likely N-dealkylation sites (tertiary alicyclic amines) is 1. The van der Waals surface area contributed by atoms with Crippen molar-refractivity contribution < 1.29 is 13.9 Å². The number of hydrogen-bond acceptors (Lipinski definition) is 2. The summed E-state index contributed by atoms with van der Waals surface area (Å²) in [7, 11) is 0. The fraction of sp³-hybridized carbons (Fsp3) is 0.562. The third-order valence-corrected chi connectivity index (χ3v) is 5.12. The average Bonchev–Trinajstić information content (AvgIpc) is 2.75. The number of hydrogen-bond donors (Lipinski definition) is 0. The lowest BCUT2D eigenvalue weighted by Gasteiger charge is -2.41. The summed E-state index contributed by atoms with van der Waals surface area (Å²) in [5, 5.41) is 0. The smallest absolute Gasteiger partial charge is 0.229 e. The van der Waals surface area contributed by atoms with Crippen LogP contribution in [0.5, 0.6) is 5.75 Å². The van der Waals surface area contributed by atoms with Gasteiger partial charge < -0.3 is 9.64 Å². The number of halogens is 1. The Balaban J connectivity index is 1.69. The van der Waals surface area contributed by atoms with E-state index in [2.05, 4.69) is 6.92 Å². The van der Waals surface area contributed by atoms with E-state index in [-0.39, 0.29) is 29.3 Å². The molecule has 0 radical (unpaired) electrons. The zero-order chi connectivity index (χ0) is 13.9. The Kier molecular flexibility index (Phi) is 2.41. The predicted octanol–water partition coefficient (Wildman–Crippen LogP) is 3.05.